The van der Waals surface area contributed by atoms with E-state index in [0.29, 0.717) is 13.2 Å². The monoisotopic (exact) mass is 556 g/mol. The summed E-state index contributed by atoms with van der Waals surface area (Å²) >= 11 is 0. The minimum Gasteiger partial charge on any atom is -0.492 e. The van der Waals surface area contributed by atoms with Gasteiger partial charge < -0.3 is 20.3 Å². The molecule has 0 bridgehead atoms. The second kappa shape index (κ2) is 15.9. The second-order valence-corrected chi connectivity index (χ2v) is 7.61. The van der Waals surface area contributed by atoms with Gasteiger partial charge in [-0.05, 0) is 52.4 Å². The second-order valence-electron chi connectivity index (χ2n) is 7.61. The Morgan fingerprint density at radius 3 is 2.53 bits per heavy atom. The molecule has 0 atom stereocenters. The Hall–Kier alpha value is -1.81. The van der Waals surface area contributed by atoms with Crippen molar-refractivity contribution in [3.63, 3.8) is 0 Å². The molecule has 0 saturated carbocycles. The maximum atomic E-state index is 6.06. The fourth-order valence-corrected chi connectivity index (χ4v) is 3.44. The molecule has 32 heavy (non-hydrogen) atoms. The summed E-state index contributed by atoms with van der Waals surface area (Å²) in [5.41, 5.74) is 3.37. The van der Waals surface area contributed by atoms with Gasteiger partial charge in [-0.15, -0.1) is 24.0 Å². The normalized spacial score (nSPS) is 11.4. The van der Waals surface area contributed by atoms with Crippen LogP contribution in [0.2, 0.25) is 0 Å². The van der Waals surface area contributed by atoms with Gasteiger partial charge in [0.15, 0.2) is 5.96 Å². The topological polar surface area (TPSA) is 66.7 Å². The van der Waals surface area contributed by atoms with Gasteiger partial charge in [0, 0.05) is 37.4 Å². The third-order valence-corrected chi connectivity index (χ3v) is 5.23. The van der Waals surface area contributed by atoms with Crippen molar-refractivity contribution in [1.82, 2.24) is 25.3 Å². The van der Waals surface area contributed by atoms with Gasteiger partial charge in [-0.25, -0.2) is 4.99 Å². The molecule has 1 heterocycles. The van der Waals surface area contributed by atoms with Gasteiger partial charge in [0.2, 0.25) is 0 Å². The summed E-state index contributed by atoms with van der Waals surface area (Å²) in [5.74, 6) is 1.74. The van der Waals surface area contributed by atoms with E-state index in [2.05, 4.69) is 65.1 Å². The third kappa shape index (κ3) is 9.77. The molecule has 0 fully saturated rings. The zero-order chi connectivity index (χ0) is 22.5. The van der Waals surface area contributed by atoms with E-state index in [1.165, 1.54) is 5.69 Å². The molecule has 2 N–H and O–H groups in total. The van der Waals surface area contributed by atoms with Gasteiger partial charge in [0.25, 0.3) is 0 Å². The van der Waals surface area contributed by atoms with Crippen molar-refractivity contribution in [2.75, 3.05) is 39.3 Å². The lowest BCUT2D eigenvalue weighted by Gasteiger charge is -2.19. The first kappa shape index (κ1) is 28.2. The van der Waals surface area contributed by atoms with Crippen LogP contribution in [-0.2, 0) is 13.1 Å². The van der Waals surface area contributed by atoms with Crippen LogP contribution in [0.5, 0.6) is 5.75 Å². The van der Waals surface area contributed by atoms with Crippen LogP contribution in [0, 0.1) is 13.8 Å². The van der Waals surface area contributed by atoms with Crippen LogP contribution in [0.1, 0.15) is 44.1 Å². The zero-order valence-corrected chi connectivity index (χ0v) is 22.7. The van der Waals surface area contributed by atoms with E-state index in [-0.39, 0.29) is 24.0 Å². The minimum absolute atomic E-state index is 0. The lowest BCUT2D eigenvalue weighted by molar-refractivity contribution is 0.221. The standard InChI is InChI=1S/C24H40N6O.HI/c1-6-25-24(26-14-11-15-30-21(5)18-20(4)28-30)27-19-22-12-9-10-13-23(22)31-17-16-29(7-2)8-3;/h9-10,12-13,18H,6-8,11,14-17,19H2,1-5H3,(H2,25,26,27);1H. The highest BCUT2D eigenvalue weighted by atomic mass is 127. The summed E-state index contributed by atoms with van der Waals surface area (Å²) in [6.45, 7) is 17.4. The molecule has 2 aromatic rings. The molecule has 0 amide bonds. The number of hydrogen-bond acceptors (Lipinski definition) is 4. The molecule has 0 aliphatic rings. The Balaban J connectivity index is 0.00000512. The first-order valence-corrected chi connectivity index (χ1v) is 11.5. The van der Waals surface area contributed by atoms with E-state index < -0.39 is 0 Å². The van der Waals surface area contributed by atoms with Crippen molar-refractivity contribution in [2.24, 2.45) is 4.99 Å². The highest BCUT2D eigenvalue weighted by molar-refractivity contribution is 14.0. The molecule has 0 aliphatic heterocycles. The number of aryl methyl sites for hydroxylation is 3. The zero-order valence-electron chi connectivity index (χ0n) is 20.4. The maximum absolute atomic E-state index is 6.06. The quantitative estimate of drug-likeness (QED) is 0.169. The van der Waals surface area contributed by atoms with E-state index in [1.807, 2.05) is 25.1 Å². The first-order chi connectivity index (χ1) is 15.1. The smallest absolute Gasteiger partial charge is 0.191 e. The van der Waals surface area contributed by atoms with Crippen molar-refractivity contribution < 1.29 is 4.74 Å². The predicted octanol–water partition coefficient (Wildman–Crippen LogP) is 3.98. The van der Waals surface area contributed by atoms with Crippen molar-refractivity contribution in [3.05, 3.63) is 47.3 Å². The lowest BCUT2D eigenvalue weighted by atomic mass is 10.2. The largest absolute Gasteiger partial charge is 0.492 e. The number of halogens is 1. The van der Waals surface area contributed by atoms with Gasteiger partial charge >= 0.3 is 0 Å². The summed E-state index contributed by atoms with van der Waals surface area (Å²) in [5, 5.41) is 11.3. The average Bonchev–Trinajstić information content (AvgIpc) is 3.10. The fourth-order valence-electron chi connectivity index (χ4n) is 3.44. The molecule has 2 rings (SSSR count). The average molecular weight is 557 g/mol. The highest BCUT2D eigenvalue weighted by Gasteiger charge is 2.06. The molecule has 1 aromatic heterocycles. The van der Waals surface area contributed by atoms with Gasteiger partial charge in [0.05, 0.1) is 12.2 Å². The Morgan fingerprint density at radius 1 is 1.12 bits per heavy atom. The fraction of sp³-hybridized carbons (Fsp3) is 0.583. The van der Waals surface area contributed by atoms with E-state index in [4.69, 9.17) is 9.73 Å². The molecule has 8 heteroatoms. The number of nitrogens with zero attached hydrogens (tertiary/aromatic N) is 4. The van der Waals surface area contributed by atoms with Crippen LogP contribution in [0.25, 0.3) is 0 Å². The number of aromatic nitrogens is 2. The van der Waals surface area contributed by atoms with Crippen molar-refractivity contribution in [1.29, 1.82) is 0 Å². The SMILES string of the molecule is CCNC(=NCc1ccccc1OCCN(CC)CC)NCCCn1nc(C)cc1C.I. The molecular formula is C24H41IN6O. The minimum atomic E-state index is 0. The van der Waals surface area contributed by atoms with E-state index in [9.17, 15) is 0 Å². The molecule has 180 valence electrons. The van der Waals surface area contributed by atoms with Crippen LogP contribution >= 0.6 is 24.0 Å². The number of likely N-dealkylation sites (N-methyl/N-ethyl adjacent to an activating group) is 1. The summed E-state index contributed by atoms with van der Waals surface area (Å²) in [6, 6.07) is 10.3. The van der Waals surface area contributed by atoms with E-state index in [1.54, 1.807) is 0 Å². The van der Waals surface area contributed by atoms with Crippen molar-refractivity contribution in [2.45, 2.75) is 54.1 Å². The number of aliphatic imine (C=N–C) groups is 1. The number of ether oxygens (including phenoxy) is 1. The van der Waals surface area contributed by atoms with Crippen molar-refractivity contribution in [3.8, 4) is 5.75 Å². The molecule has 0 unspecified atom stereocenters. The summed E-state index contributed by atoms with van der Waals surface area (Å²) in [7, 11) is 0. The molecule has 0 aliphatic carbocycles. The Bertz CT molecular complexity index is 804. The van der Waals surface area contributed by atoms with Gasteiger partial charge in [0.1, 0.15) is 12.4 Å². The molecular weight excluding hydrogens is 515 g/mol. The van der Waals surface area contributed by atoms with Gasteiger partial charge in [-0.3, -0.25) is 4.68 Å². The predicted molar refractivity (Wildman–Crippen MR) is 144 cm³/mol. The first-order valence-electron chi connectivity index (χ1n) is 11.5. The number of rotatable bonds is 13. The maximum Gasteiger partial charge on any atom is 0.191 e. The summed E-state index contributed by atoms with van der Waals surface area (Å²) < 4.78 is 8.13. The van der Waals surface area contributed by atoms with Crippen LogP contribution in [-0.4, -0.2) is 60.0 Å². The van der Waals surface area contributed by atoms with E-state index in [0.717, 1.165) is 68.7 Å². The number of nitrogens with one attached hydrogen (secondary N) is 2. The number of para-hydroxylation sites is 1. The van der Waals surface area contributed by atoms with Crippen molar-refractivity contribution >= 4 is 29.9 Å². The number of hydrogen-bond donors (Lipinski definition) is 2. The molecule has 0 spiro atoms. The summed E-state index contributed by atoms with van der Waals surface area (Å²) in [6.07, 6.45) is 0.984. The van der Waals surface area contributed by atoms with Gasteiger partial charge in [-0.1, -0.05) is 32.0 Å². The van der Waals surface area contributed by atoms with Crippen LogP contribution in [0.4, 0.5) is 0 Å². The van der Waals surface area contributed by atoms with Gasteiger partial charge in [-0.2, -0.15) is 5.10 Å². The molecule has 1 aromatic carbocycles. The van der Waals surface area contributed by atoms with E-state index >= 15 is 0 Å². The molecule has 7 nitrogen and oxygen atoms in total. The van der Waals surface area contributed by atoms with Crippen LogP contribution in [0.3, 0.4) is 0 Å². The molecule has 0 radical (unpaired) electrons. The Morgan fingerprint density at radius 2 is 1.88 bits per heavy atom. The summed E-state index contributed by atoms with van der Waals surface area (Å²) in [4.78, 5) is 7.13. The van der Waals surface area contributed by atoms with Crippen LogP contribution in [0.15, 0.2) is 35.3 Å². The molecule has 0 saturated heterocycles. The number of benzene rings is 1. The van der Waals surface area contributed by atoms with Crippen LogP contribution < -0.4 is 15.4 Å². The highest BCUT2D eigenvalue weighted by Crippen LogP contribution is 2.18. The third-order valence-electron chi connectivity index (χ3n) is 5.23. The Labute approximate surface area is 211 Å². The number of guanidine groups is 1. The lowest BCUT2D eigenvalue weighted by Crippen LogP contribution is -2.38. The Kier molecular flexibility index (Phi) is 14.0.